The normalized spacial score (nSPS) is 27.0. The Kier molecular flexibility index (Phi) is 7.99. The van der Waals surface area contributed by atoms with Crippen molar-refractivity contribution >= 4 is 29.5 Å². The van der Waals surface area contributed by atoms with E-state index in [1.54, 1.807) is 9.80 Å². The summed E-state index contributed by atoms with van der Waals surface area (Å²) in [5, 5.41) is 8.30. The smallest absolute Gasteiger partial charge is 0.246 e. The zero-order valence-electron chi connectivity index (χ0n) is 19.8. The summed E-state index contributed by atoms with van der Waals surface area (Å²) < 4.78 is 0. The van der Waals surface area contributed by atoms with Crippen LogP contribution in [0.5, 0.6) is 0 Å². The van der Waals surface area contributed by atoms with Gasteiger partial charge in [-0.25, -0.2) is 0 Å². The van der Waals surface area contributed by atoms with Crippen molar-refractivity contribution in [1.82, 2.24) is 25.8 Å². The molecule has 1 aromatic rings. The number of nitrogens with zero attached hydrogens (tertiary/aromatic N) is 2. The Bertz CT molecular complexity index is 968. The van der Waals surface area contributed by atoms with E-state index >= 15 is 0 Å². The maximum atomic E-state index is 13.4. The van der Waals surface area contributed by atoms with Crippen LogP contribution in [0.4, 0.5) is 0 Å². The number of carbonyl (C=O) groups excluding carboxylic acids is 5. The van der Waals surface area contributed by atoms with Crippen LogP contribution in [-0.4, -0.2) is 83.6 Å². The molecular weight excluding hydrogens is 450 g/mol. The quantitative estimate of drug-likeness (QED) is 0.533. The summed E-state index contributed by atoms with van der Waals surface area (Å²) in [6, 6.07) is 7.26. The van der Waals surface area contributed by atoms with E-state index in [9.17, 15) is 24.0 Å². The van der Waals surface area contributed by atoms with E-state index in [0.29, 0.717) is 32.4 Å². The van der Waals surface area contributed by atoms with Crippen molar-refractivity contribution in [3.63, 3.8) is 0 Å². The third-order valence-corrected chi connectivity index (χ3v) is 6.92. The number of nitrogens with one attached hydrogen (secondary N) is 3. The van der Waals surface area contributed by atoms with Crippen LogP contribution in [0, 0.1) is 0 Å². The second-order valence-corrected chi connectivity index (χ2v) is 9.33. The summed E-state index contributed by atoms with van der Waals surface area (Å²) in [5.74, 6) is -1.43. The Balaban J connectivity index is 1.56. The maximum Gasteiger partial charge on any atom is 0.246 e. The minimum atomic E-state index is -0.842. The molecule has 0 unspecified atom stereocenters. The van der Waals surface area contributed by atoms with Gasteiger partial charge in [-0.3, -0.25) is 24.0 Å². The lowest BCUT2D eigenvalue weighted by Gasteiger charge is -2.31. The monoisotopic (exact) mass is 483 g/mol. The molecule has 10 nitrogen and oxygen atoms in total. The fourth-order valence-corrected chi connectivity index (χ4v) is 5.11. The highest BCUT2D eigenvalue weighted by Gasteiger charge is 2.42. The first-order valence-electron chi connectivity index (χ1n) is 12.4. The minimum absolute atomic E-state index is 0.0627. The van der Waals surface area contributed by atoms with Crippen molar-refractivity contribution < 1.29 is 24.0 Å². The fraction of sp³-hybridized carbons (Fsp3) is 0.560. The Morgan fingerprint density at radius 1 is 0.771 bits per heavy atom. The third kappa shape index (κ3) is 5.98. The first kappa shape index (κ1) is 24.7. The van der Waals surface area contributed by atoms with Crippen LogP contribution >= 0.6 is 0 Å². The molecule has 3 fully saturated rings. The molecule has 0 radical (unpaired) electrons. The summed E-state index contributed by atoms with van der Waals surface area (Å²) in [5.41, 5.74) is 0.885. The molecule has 5 amide bonds. The Hall–Kier alpha value is -3.43. The SMILES string of the molecule is O=C1CCNC(=O)[C@H](Cc2ccccc2)NC(=O)[C@@H]2CCCN2C(=O)[C@@H]2CCCN2C(=O)CCN1. The number of rotatable bonds is 2. The van der Waals surface area contributed by atoms with Gasteiger partial charge in [0, 0.05) is 45.4 Å². The molecule has 188 valence electrons. The second-order valence-electron chi connectivity index (χ2n) is 9.33. The molecule has 3 heterocycles. The number of amides is 5. The van der Waals surface area contributed by atoms with E-state index in [4.69, 9.17) is 0 Å². The molecule has 3 atom stereocenters. The lowest BCUT2D eigenvalue weighted by Crippen LogP contribution is -2.56. The molecule has 1 aromatic carbocycles. The molecule has 0 spiro atoms. The molecule has 0 saturated carbocycles. The highest BCUT2D eigenvalue weighted by atomic mass is 16.2. The fourth-order valence-electron chi connectivity index (χ4n) is 5.11. The van der Waals surface area contributed by atoms with E-state index in [1.807, 2.05) is 30.3 Å². The molecular formula is C25H33N5O5. The molecule has 3 N–H and O–H groups in total. The Morgan fingerprint density at radius 3 is 2.23 bits per heavy atom. The van der Waals surface area contributed by atoms with Gasteiger partial charge in [-0.05, 0) is 31.2 Å². The van der Waals surface area contributed by atoms with Crippen molar-refractivity contribution in [2.75, 3.05) is 26.2 Å². The van der Waals surface area contributed by atoms with Crippen LogP contribution in [0.1, 0.15) is 44.1 Å². The zero-order valence-corrected chi connectivity index (χ0v) is 19.8. The average Bonchev–Trinajstić information content (AvgIpc) is 3.53. The van der Waals surface area contributed by atoms with E-state index in [-0.39, 0.29) is 61.9 Å². The molecule has 0 aliphatic carbocycles. The molecule has 0 aromatic heterocycles. The number of hydrogen-bond donors (Lipinski definition) is 3. The predicted octanol–water partition coefficient (Wildman–Crippen LogP) is -0.278. The van der Waals surface area contributed by atoms with Gasteiger partial charge in [-0.2, -0.15) is 0 Å². The number of fused-ring (bicyclic) bond motifs is 2. The summed E-state index contributed by atoms with van der Waals surface area (Å²) >= 11 is 0. The topological polar surface area (TPSA) is 128 Å². The van der Waals surface area contributed by atoms with Crippen molar-refractivity contribution in [2.24, 2.45) is 0 Å². The van der Waals surface area contributed by atoms with Gasteiger partial charge in [-0.1, -0.05) is 30.3 Å². The molecule has 3 aliphatic heterocycles. The van der Waals surface area contributed by atoms with Gasteiger partial charge >= 0.3 is 0 Å². The summed E-state index contributed by atoms with van der Waals surface area (Å²) in [6.07, 6.45) is 2.93. The minimum Gasteiger partial charge on any atom is -0.356 e. The summed E-state index contributed by atoms with van der Waals surface area (Å²) in [4.78, 5) is 67.8. The summed E-state index contributed by atoms with van der Waals surface area (Å²) in [7, 11) is 0. The first-order valence-corrected chi connectivity index (χ1v) is 12.4. The molecule has 35 heavy (non-hydrogen) atoms. The third-order valence-electron chi connectivity index (χ3n) is 6.92. The molecule has 10 heteroatoms. The Labute approximate surface area is 204 Å². The zero-order chi connectivity index (χ0) is 24.8. The number of carbonyl (C=O) groups is 5. The van der Waals surface area contributed by atoms with Gasteiger partial charge in [0.2, 0.25) is 29.5 Å². The van der Waals surface area contributed by atoms with E-state index in [2.05, 4.69) is 16.0 Å². The largest absolute Gasteiger partial charge is 0.356 e. The lowest BCUT2D eigenvalue weighted by atomic mass is 10.0. The number of benzene rings is 1. The van der Waals surface area contributed by atoms with Crippen molar-refractivity contribution in [2.45, 2.75) is 63.1 Å². The molecule has 3 aliphatic rings. The highest BCUT2D eigenvalue weighted by molar-refractivity contribution is 5.95. The standard InChI is InChI=1S/C25H33N5O5/c31-21-10-12-27-23(33)18(16-17-6-2-1-3-7-17)28-24(34)19-8-4-15-30(19)25(35)20-9-5-14-29(20)22(32)11-13-26-21/h1-3,6-7,18-20H,4-5,8-16H2,(H,26,31)(H,27,33)(H,28,34)/t18-,19-,20-/m0/s1. The summed E-state index contributed by atoms with van der Waals surface area (Å²) in [6.45, 7) is 1.22. The van der Waals surface area contributed by atoms with E-state index in [1.165, 1.54) is 0 Å². The molecule has 0 bridgehead atoms. The van der Waals surface area contributed by atoms with E-state index in [0.717, 1.165) is 12.0 Å². The van der Waals surface area contributed by atoms with Gasteiger partial charge in [-0.15, -0.1) is 0 Å². The van der Waals surface area contributed by atoms with Crippen LogP contribution in [0.3, 0.4) is 0 Å². The number of hydrogen-bond acceptors (Lipinski definition) is 5. The van der Waals surface area contributed by atoms with Crippen molar-refractivity contribution in [1.29, 1.82) is 0 Å². The van der Waals surface area contributed by atoms with Gasteiger partial charge in [0.15, 0.2) is 0 Å². The van der Waals surface area contributed by atoms with Gasteiger partial charge in [0.05, 0.1) is 0 Å². The van der Waals surface area contributed by atoms with Gasteiger partial charge in [0.25, 0.3) is 0 Å². The van der Waals surface area contributed by atoms with Crippen LogP contribution < -0.4 is 16.0 Å². The first-order chi connectivity index (χ1) is 16.9. The van der Waals surface area contributed by atoms with Crippen LogP contribution in [0.2, 0.25) is 0 Å². The van der Waals surface area contributed by atoms with Crippen molar-refractivity contribution in [3.8, 4) is 0 Å². The van der Waals surface area contributed by atoms with Crippen LogP contribution in [0.15, 0.2) is 30.3 Å². The molecule has 4 rings (SSSR count). The predicted molar refractivity (Wildman–Crippen MR) is 127 cm³/mol. The van der Waals surface area contributed by atoms with Gasteiger partial charge in [0.1, 0.15) is 18.1 Å². The highest BCUT2D eigenvalue weighted by Crippen LogP contribution is 2.25. The lowest BCUT2D eigenvalue weighted by molar-refractivity contribution is -0.147. The van der Waals surface area contributed by atoms with Crippen molar-refractivity contribution in [3.05, 3.63) is 35.9 Å². The van der Waals surface area contributed by atoms with E-state index < -0.39 is 18.1 Å². The van der Waals surface area contributed by atoms with Gasteiger partial charge < -0.3 is 25.8 Å². The second kappa shape index (κ2) is 11.3. The average molecular weight is 484 g/mol. The van der Waals surface area contributed by atoms with Crippen LogP contribution in [0.25, 0.3) is 0 Å². The van der Waals surface area contributed by atoms with Crippen LogP contribution in [-0.2, 0) is 30.4 Å². The maximum absolute atomic E-state index is 13.4. The Morgan fingerprint density at radius 2 is 1.46 bits per heavy atom. The molecule has 3 saturated heterocycles.